The Kier molecular flexibility index (Phi) is 8.53. The smallest absolute Gasteiger partial charge is 0.251 e. The van der Waals surface area contributed by atoms with Gasteiger partial charge in [0.1, 0.15) is 10.6 Å². The number of hydrogen-bond acceptors (Lipinski definition) is 5. The third-order valence-electron chi connectivity index (χ3n) is 4.61. The van der Waals surface area contributed by atoms with Gasteiger partial charge in [-0.1, -0.05) is 13.8 Å². The number of methoxy groups -OCH3 is 1. The molecule has 27 heavy (non-hydrogen) atoms. The van der Waals surface area contributed by atoms with Crippen LogP contribution in [0.2, 0.25) is 0 Å². The molecule has 1 amide bonds. The lowest BCUT2D eigenvalue weighted by atomic mass is 9.94. The van der Waals surface area contributed by atoms with E-state index in [1.807, 2.05) is 13.8 Å². The first kappa shape index (κ1) is 23.7. The van der Waals surface area contributed by atoms with E-state index in [9.17, 15) is 13.2 Å². The fourth-order valence-corrected chi connectivity index (χ4v) is 5.19. The average molecular weight is 420 g/mol. The van der Waals surface area contributed by atoms with Crippen LogP contribution in [0.4, 0.5) is 0 Å². The summed E-state index contributed by atoms with van der Waals surface area (Å²) in [5.74, 6) is 0.453. The summed E-state index contributed by atoms with van der Waals surface area (Å²) in [6.07, 6.45) is 1.00. The van der Waals surface area contributed by atoms with Crippen molar-refractivity contribution in [2.45, 2.75) is 38.1 Å². The van der Waals surface area contributed by atoms with Crippen molar-refractivity contribution in [2.24, 2.45) is 17.6 Å². The quantitative estimate of drug-likeness (QED) is 0.732. The zero-order valence-electron chi connectivity index (χ0n) is 16.3. The van der Waals surface area contributed by atoms with Gasteiger partial charge in [0.25, 0.3) is 5.91 Å². The standard InChI is InChI=1S/C18H29N3O4S.ClH/c1-12-7-13(2)11-21(10-12)26(23,24)17-8-15(5-6-16(17)25-4)18(22)20-14(3)9-19;/h5-6,8,12-14H,7,9-11,19H2,1-4H3,(H,20,22);1H/t12?,13?,14-;/m0./s1. The van der Waals surface area contributed by atoms with Crippen LogP contribution in [0.1, 0.15) is 37.6 Å². The highest BCUT2D eigenvalue weighted by molar-refractivity contribution is 7.89. The number of sulfonamides is 1. The molecule has 1 aliphatic rings. The highest BCUT2D eigenvalue weighted by atomic mass is 35.5. The molecule has 0 radical (unpaired) electrons. The summed E-state index contributed by atoms with van der Waals surface area (Å²) < 4.78 is 33.2. The molecule has 1 fully saturated rings. The van der Waals surface area contributed by atoms with Crippen LogP contribution in [0.25, 0.3) is 0 Å². The molecular weight excluding hydrogens is 390 g/mol. The number of carbonyl (C=O) groups is 1. The molecule has 2 unspecified atom stereocenters. The second-order valence-corrected chi connectivity index (χ2v) is 9.15. The highest BCUT2D eigenvalue weighted by Gasteiger charge is 2.34. The molecule has 3 atom stereocenters. The minimum absolute atomic E-state index is 0. The summed E-state index contributed by atoms with van der Waals surface area (Å²) in [5.41, 5.74) is 5.80. The largest absolute Gasteiger partial charge is 0.495 e. The molecular formula is C18H30ClN3O4S. The van der Waals surface area contributed by atoms with Crippen molar-refractivity contribution in [3.05, 3.63) is 23.8 Å². The van der Waals surface area contributed by atoms with Crippen LogP contribution in [0.15, 0.2) is 23.1 Å². The van der Waals surface area contributed by atoms with Gasteiger partial charge in [0, 0.05) is 31.2 Å². The monoisotopic (exact) mass is 419 g/mol. The number of rotatable bonds is 6. The van der Waals surface area contributed by atoms with Crippen molar-refractivity contribution in [3.8, 4) is 5.75 Å². The van der Waals surface area contributed by atoms with Gasteiger partial charge in [-0.2, -0.15) is 4.31 Å². The fraction of sp³-hybridized carbons (Fsp3) is 0.611. The molecule has 154 valence electrons. The predicted octanol–water partition coefficient (Wildman–Crippen LogP) is 1.86. The normalized spacial score (nSPS) is 21.8. The number of halogens is 1. The second kappa shape index (κ2) is 9.73. The van der Waals surface area contributed by atoms with Gasteiger partial charge in [-0.15, -0.1) is 12.4 Å². The van der Waals surface area contributed by atoms with Crippen LogP contribution >= 0.6 is 12.4 Å². The van der Waals surface area contributed by atoms with Crippen LogP contribution in [-0.2, 0) is 10.0 Å². The maximum atomic E-state index is 13.2. The van der Waals surface area contributed by atoms with Crippen LogP contribution in [0.3, 0.4) is 0 Å². The number of benzene rings is 1. The lowest BCUT2D eigenvalue weighted by Crippen LogP contribution is -2.42. The summed E-state index contributed by atoms with van der Waals surface area (Å²) in [5, 5.41) is 2.74. The van der Waals surface area contributed by atoms with Crippen molar-refractivity contribution in [1.82, 2.24) is 9.62 Å². The molecule has 1 saturated heterocycles. The Hall–Kier alpha value is -1.35. The van der Waals surface area contributed by atoms with Crippen LogP contribution in [0, 0.1) is 11.8 Å². The number of hydrogen-bond donors (Lipinski definition) is 2. The average Bonchev–Trinajstić information content (AvgIpc) is 2.60. The Bertz CT molecular complexity index is 747. The Labute approximate surface area is 168 Å². The van der Waals surface area contributed by atoms with E-state index in [1.165, 1.54) is 23.5 Å². The van der Waals surface area contributed by atoms with Crippen molar-refractivity contribution < 1.29 is 17.9 Å². The maximum Gasteiger partial charge on any atom is 0.251 e. The van der Waals surface area contributed by atoms with E-state index in [0.29, 0.717) is 19.6 Å². The molecule has 0 aromatic heterocycles. The molecule has 1 aliphatic heterocycles. The summed E-state index contributed by atoms with van der Waals surface area (Å²) in [4.78, 5) is 12.4. The number of ether oxygens (including phenoxy) is 1. The number of nitrogens with one attached hydrogen (secondary N) is 1. The zero-order valence-corrected chi connectivity index (χ0v) is 17.9. The number of piperidine rings is 1. The van der Waals surface area contributed by atoms with Crippen LogP contribution in [0.5, 0.6) is 5.75 Å². The third-order valence-corrected chi connectivity index (χ3v) is 6.46. The number of amides is 1. The Morgan fingerprint density at radius 2 is 1.93 bits per heavy atom. The molecule has 9 heteroatoms. The molecule has 7 nitrogen and oxygen atoms in total. The van der Waals surface area contributed by atoms with Crippen LogP contribution in [-0.4, -0.2) is 51.4 Å². The first-order valence-electron chi connectivity index (χ1n) is 8.88. The van der Waals surface area contributed by atoms with E-state index in [4.69, 9.17) is 10.5 Å². The van der Waals surface area contributed by atoms with Crippen molar-refractivity contribution >= 4 is 28.3 Å². The second-order valence-electron chi connectivity index (χ2n) is 7.24. The molecule has 3 N–H and O–H groups in total. The van der Waals surface area contributed by atoms with E-state index >= 15 is 0 Å². The van der Waals surface area contributed by atoms with E-state index in [2.05, 4.69) is 5.32 Å². The van der Waals surface area contributed by atoms with E-state index in [0.717, 1.165) is 6.42 Å². The van der Waals surface area contributed by atoms with Crippen molar-refractivity contribution in [3.63, 3.8) is 0 Å². The molecule has 1 aromatic carbocycles. The Balaban J connectivity index is 0.00000364. The molecule has 0 saturated carbocycles. The maximum absolute atomic E-state index is 13.2. The van der Waals surface area contributed by atoms with Gasteiger partial charge < -0.3 is 15.8 Å². The molecule has 1 heterocycles. The van der Waals surface area contributed by atoms with Gasteiger partial charge >= 0.3 is 0 Å². The van der Waals surface area contributed by atoms with Gasteiger partial charge in [-0.05, 0) is 43.4 Å². The summed E-state index contributed by atoms with van der Waals surface area (Å²) in [6.45, 7) is 7.13. The minimum Gasteiger partial charge on any atom is -0.495 e. The topological polar surface area (TPSA) is 102 Å². The predicted molar refractivity (Wildman–Crippen MR) is 108 cm³/mol. The van der Waals surface area contributed by atoms with E-state index in [-0.39, 0.29) is 52.4 Å². The Morgan fingerprint density at radius 1 is 1.33 bits per heavy atom. The third kappa shape index (κ3) is 5.57. The fourth-order valence-electron chi connectivity index (χ4n) is 3.33. The number of nitrogens with zero attached hydrogens (tertiary/aromatic N) is 1. The lowest BCUT2D eigenvalue weighted by Gasteiger charge is -2.34. The highest BCUT2D eigenvalue weighted by Crippen LogP contribution is 2.32. The molecule has 0 bridgehead atoms. The molecule has 0 spiro atoms. The first-order valence-corrected chi connectivity index (χ1v) is 10.3. The summed E-state index contributed by atoms with van der Waals surface area (Å²) in [6, 6.07) is 4.26. The number of nitrogens with two attached hydrogens (primary N) is 1. The summed E-state index contributed by atoms with van der Waals surface area (Å²) in [7, 11) is -2.33. The molecule has 1 aromatic rings. The van der Waals surface area contributed by atoms with E-state index < -0.39 is 10.0 Å². The minimum atomic E-state index is -3.76. The van der Waals surface area contributed by atoms with Crippen molar-refractivity contribution in [1.29, 1.82) is 0 Å². The molecule has 2 rings (SSSR count). The lowest BCUT2D eigenvalue weighted by molar-refractivity contribution is 0.0941. The van der Waals surface area contributed by atoms with Crippen molar-refractivity contribution in [2.75, 3.05) is 26.7 Å². The summed E-state index contributed by atoms with van der Waals surface area (Å²) >= 11 is 0. The van der Waals surface area contributed by atoms with Gasteiger partial charge in [-0.3, -0.25) is 4.79 Å². The zero-order chi connectivity index (χ0) is 19.5. The van der Waals surface area contributed by atoms with Crippen LogP contribution < -0.4 is 15.8 Å². The van der Waals surface area contributed by atoms with Gasteiger partial charge in [-0.25, -0.2) is 8.42 Å². The molecule has 0 aliphatic carbocycles. The van der Waals surface area contributed by atoms with E-state index in [1.54, 1.807) is 13.0 Å². The first-order chi connectivity index (χ1) is 12.2. The SMILES string of the molecule is COc1ccc(C(=O)N[C@@H](C)CN)cc1S(=O)(=O)N1CC(C)CC(C)C1.Cl. The van der Waals surface area contributed by atoms with Gasteiger partial charge in [0.05, 0.1) is 7.11 Å². The van der Waals surface area contributed by atoms with Gasteiger partial charge in [0.15, 0.2) is 0 Å². The Morgan fingerprint density at radius 3 is 2.44 bits per heavy atom. The van der Waals surface area contributed by atoms with Gasteiger partial charge in [0.2, 0.25) is 10.0 Å². The number of carbonyl (C=O) groups excluding carboxylic acids is 1.